The van der Waals surface area contributed by atoms with E-state index in [0.717, 1.165) is 25.9 Å². The lowest BCUT2D eigenvalue weighted by molar-refractivity contribution is 0.00691. The van der Waals surface area contributed by atoms with Crippen LogP contribution < -0.4 is 5.32 Å². The van der Waals surface area contributed by atoms with Crippen LogP contribution in [0.2, 0.25) is 0 Å². The van der Waals surface area contributed by atoms with Crippen molar-refractivity contribution < 1.29 is 9.53 Å². The number of likely N-dealkylation sites (tertiary alicyclic amines) is 1. The van der Waals surface area contributed by atoms with E-state index in [1.807, 2.05) is 25.7 Å². The number of hydrogen-bond acceptors (Lipinski definition) is 3. The Morgan fingerprint density at radius 1 is 1.45 bits per heavy atom. The van der Waals surface area contributed by atoms with Crippen LogP contribution in [0.15, 0.2) is 0 Å². The van der Waals surface area contributed by atoms with Gasteiger partial charge in [0.25, 0.3) is 0 Å². The zero-order valence-electron chi connectivity index (χ0n) is 14.0. The summed E-state index contributed by atoms with van der Waals surface area (Å²) in [5.41, 5.74) is -0.423. The van der Waals surface area contributed by atoms with Gasteiger partial charge in [0.2, 0.25) is 0 Å². The van der Waals surface area contributed by atoms with Crippen molar-refractivity contribution in [2.75, 3.05) is 13.1 Å². The van der Waals surface area contributed by atoms with Crippen molar-refractivity contribution in [1.29, 1.82) is 0 Å². The van der Waals surface area contributed by atoms with Crippen LogP contribution >= 0.6 is 0 Å². The van der Waals surface area contributed by atoms with E-state index in [9.17, 15) is 4.79 Å². The Morgan fingerprint density at radius 2 is 2.10 bits per heavy atom. The molecule has 3 unspecified atom stereocenters. The molecule has 0 bridgehead atoms. The van der Waals surface area contributed by atoms with Crippen LogP contribution in [-0.2, 0) is 4.74 Å². The van der Waals surface area contributed by atoms with Crippen molar-refractivity contribution >= 4 is 6.09 Å². The van der Waals surface area contributed by atoms with Gasteiger partial charge < -0.3 is 15.0 Å². The van der Waals surface area contributed by atoms with Crippen LogP contribution in [0, 0.1) is 5.92 Å². The monoisotopic (exact) mass is 284 g/mol. The Labute approximate surface area is 124 Å². The minimum absolute atomic E-state index is 0.181. The Hall–Kier alpha value is -0.770. The van der Waals surface area contributed by atoms with Crippen molar-refractivity contribution in [3.8, 4) is 0 Å². The van der Waals surface area contributed by atoms with Crippen molar-refractivity contribution in [2.45, 2.75) is 78.5 Å². The van der Waals surface area contributed by atoms with Gasteiger partial charge >= 0.3 is 6.09 Å². The zero-order valence-corrected chi connectivity index (χ0v) is 14.0. The summed E-state index contributed by atoms with van der Waals surface area (Å²) < 4.78 is 5.50. The molecular formula is C16H32N2O2. The normalized spacial score (nSPS) is 25.4. The first-order valence-corrected chi connectivity index (χ1v) is 7.97. The van der Waals surface area contributed by atoms with E-state index in [0.29, 0.717) is 12.0 Å². The molecule has 0 aliphatic carbocycles. The number of hydrogen-bond donors (Lipinski definition) is 1. The van der Waals surface area contributed by atoms with E-state index in [2.05, 4.69) is 26.1 Å². The smallest absolute Gasteiger partial charge is 0.410 e. The van der Waals surface area contributed by atoms with Crippen LogP contribution in [0.25, 0.3) is 0 Å². The van der Waals surface area contributed by atoms with Crippen LogP contribution in [0.5, 0.6) is 0 Å². The topological polar surface area (TPSA) is 41.6 Å². The van der Waals surface area contributed by atoms with Gasteiger partial charge in [-0.15, -0.1) is 0 Å². The maximum atomic E-state index is 12.2. The molecule has 0 spiro atoms. The Balaban J connectivity index is 2.55. The summed E-state index contributed by atoms with van der Waals surface area (Å²) >= 11 is 0. The van der Waals surface area contributed by atoms with E-state index in [1.54, 1.807) is 0 Å². The minimum atomic E-state index is -0.423. The molecule has 1 aliphatic heterocycles. The molecule has 3 atom stereocenters. The highest BCUT2D eigenvalue weighted by Gasteiger charge is 2.33. The highest BCUT2D eigenvalue weighted by Crippen LogP contribution is 2.21. The summed E-state index contributed by atoms with van der Waals surface area (Å²) in [7, 11) is 0. The van der Waals surface area contributed by atoms with Crippen molar-refractivity contribution in [3.63, 3.8) is 0 Å². The summed E-state index contributed by atoms with van der Waals surface area (Å²) in [5, 5.41) is 3.62. The molecule has 0 saturated carbocycles. The van der Waals surface area contributed by atoms with E-state index < -0.39 is 5.60 Å². The molecule has 1 fully saturated rings. The molecule has 4 nitrogen and oxygen atoms in total. The molecule has 0 radical (unpaired) electrons. The Kier molecular flexibility index (Phi) is 6.31. The summed E-state index contributed by atoms with van der Waals surface area (Å²) in [4.78, 5) is 14.1. The maximum Gasteiger partial charge on any atom is 0.410 e. The van der Waals surface area contributed by atoms with Gasteiger partial charge in [-0.25, -0.2) is 4.79 Å². The number of rotatable bonds is 4. The largest absolute Gasteiger partial charge is 0.444 e. The van der Waals surface area contributed by atoms with E-state index in [4.69, 9.17) is 4.74 Å². The van der Waals surface area contributed by atoms with Gasteiger partial charge in [-0.1, -0.05) is 20.3 Å². The fourth-order valence-corrected chi connectivity index (χ4v) is 2.49. The second kappa shape index (κ2) is 7.30. The molecule has 0 aromatic heterocycles. The summed E-state index contributed by atoms with van der Waals surface area (Å²) in [6.45, 7) is 14.2. The third-order valence-electron chi connectivity index (χ3n) is 4.04. The van der Waals surface area contributed by atoms with E-state index in [1.165, 1.54) is 6.42 Å². The lowest BCUT2D eigenvalue weighted by Gasteiger charge is -2.40. The van der Waals surface area contributed by atoms with Crippen molar-refractivity contribution in [2.24, 2.45) is 5.92 Å². The SMILES string of the molecule is CCC(C)CNC1CCCN(C(=O)OC(C)(C)C)C1C. The maximum absolute atomic E-state index is 12.2. The first-order chi connectivity index (χ1) is 9.24. The summed E-state index contributed by atoms with van der Waals surface area (Å²) in [5.74, 6) is 0.680. The van der Waals surface area contributed by atoms with E-state index in [-0.39, 0.29) is 12.1 Å². The number of nitrogens with one attached hydrogen (secondary N) is 1. The first kappa shape index (κ1) is 17.3. The van der Waals surface area contributed by atoms with Crippen molar-refractivity contribution in [3.05, 3.63) is 0 Å². The van der Waals surface area contributed by atoms with Crippen molar-refractivity contribution in [1.82, 2.24) is 10.2 Å². The number of ether oxygens (including phenoxy) is 1. The highest BCUT2D eigenvalue weighted by molar-refractivity contribution is 5.68. The van der Waals surface area contributed by atoms with Crippen LogP contribution in [0.4, 0.5) is 4.79 Å². The predicted octanol–water partition coefficient (Wildman–Crippen LogP) is 3.41. The molecule has 1 aliphatic rings. The number of nitrogens with zero attached hydrogens (tertiary/aromatic N) is 1. The predicted molar refractivity (Wildman–Crippen MR) is 82.9 cm³/mol. The van der Waals surface area contributed by atoms with Gasteiger partial charge in [0, 0.05) is 18.6 Å². The third-order valence-corrected chi connectivity index (χ3v) is 4.04. The fourth-order valence-electron chi connectivity index (χ4n) is 2.49. The average Bonchev–Trinajstić information content (AvgIpc) is 2.34. The second-order valence-electron chi connectivity index (χ2n) is 7.08. The molecule has 118 valence electrons. The number of carbonyl (C=O) groups is 1. The Bertz CT molecular complexity index is 312. The van der Waals surface area contributed by atoms with Gasteiger partial charge in [0.1, 0.15) is 5.60 Å². The number of carbonyl (C=O) groups excluding carboxylic acids is 1. The zero-order chi connectivity index (χ0) is 15.3. The molecule has 1 amide bonds. The van der Waals surface area contributed by atoms with Gasteiger partial charge in [-0.3, -0.25) is 0 Å². The molecule has 1 heterocycles. The lowest BCUT2D eigenvalue weighted by Crippen LogP contribution is -2.55. The Morgan fingerprint density at radius 3 is 2.65 bits per heavy atom. The second-order valence-corrected chi connectivity index (χ2v) is 7.08. The van der Waals surface area contributed by atoms with Gasteiger partial charge in [0.15, 0.2) is 0 Å². The van der Waals surface area contributed by atoms with Crippen LogP contribution in [0.1, 0.15) is 60.8 Å². The average molecular weight is 284 g/mol. The minimum Gasteiger partial charge on any atom is -0.444 e. The fraction of sp³-hybridized carbons (Fsp3) is 0.938. The molecule has 1 saturated heterocycles. The summed E-state index contributed by atoms with van der Waals surface area (Å²) in [6.07, 6.45) is 3.18. The standard InChI is InChI=1S/C16H32N2O2/c1-7-12(2)11-17-14-9-8-10-18(13(14)3)15(19)20-16(4,5)6/h12-14,17H,7-11H2,1-6H3. The molecular weight excluding hydrogens is 252 g/mol. The quantitative estimate of drug-likeness (QED) is 0.860. The third kappa shape index (κ3) is 5.31. The number of piperidine rings is 1. The highest BCUT2D eigenvalue weighted by atomic mass is 16.6. The molecule has 4 heteroatoms. The lowest BCUT2D eigenvalue weighted by atomic mass is 9.97. The molecule has 0 aromatic carbocycles. The van der Waals surface area contributed by atoms with Gasteiger partial charge in [0.05, 0.1) is 0 Å². The van der Waals surface area contributed by atoms with Crippen LogP contribution in [0.3, 0.4) is 0 Å². The first-order valence-electron chi connectivity index (χ1n) is 7.97. The molecule has 1 rings (SSSR count). The molecule has 0 aromatic rings. The van der Waals surface area contributed by atoms with Crippen LogP contribution in [-0.4, -0.2) is 41.8 Å². The molecule has 20 heavy (non-hydrogen) atoms. The number of amides is 1. The van der Waals surface area contributed by atoms with Gasteiger partial charge in [-0.2, -0.15) is 0 Å². The summed E-state index contributed by atoms with van der Waals surface area (Å²) in [6, 6.07) is 0.577. The van der Waals surface area contributed by atoms with E-state index >= 15 is 0 Å². The molecule has 1 N–H and O–H groups in total. The van der Waals surface area contributed by atoms with Gasteiger partial charge in [-0.05, 0) is 53.0 Å².